The van der Waals surface area contributed by atoms with Crippen molar-refractivity contribution >= 4 is 34.7 Å². The van der Waals surface area contributed by atoms with Crippen LogP contribution in [-0.2, 0) is 4.79 Å². The number of ketones is 1. The van der Waals surface area contributed by atoms with E-state index in [1.807, 2.05) is 13.0 Å². The van der Waals surface area contributed by atoms with E-state index < -0.39 is 0 Å². The van der Waals surface area contributed by atoms with Gasteiger partial charge >= 0.3 is 0 Å². The second-order valence-electron chi connectivity index (χ2n) is 4.60. The van der Waals surface area contributed by atoms with Crippen LogP contribution in [0.5, 0.6) is 0 Å². The van der Waals surface area contributed by atoms with Gasteiger partial charge in [0.2, 0.25) is 0 Å². The zero-order valence-corrected chi connectivity index (χ0v) is 11.7. The van der Waals surface area contributed by atoms with Gasteiger partial charge in [0.05, 0.1) is 10.0 Å². The number of allylic oxidation sites excluding steroid dienone is 1. The fourth-order valence-electron chi connectivity index (χ4n) is 2.07. The molecule has 0 bridgehead atoms. The Morgan fingerprint density at radius 3 is 2.83 bits per heavy atom. The molecule has 1 N–H and O–H groups in total. The van der Waals surface area contributed by atoms with Gasteiger partial charge in [-0.1, -0.05) is 30.1 Å². The summed E-state index contributed by atoms with van der Waals surface area (Å²) in [5.74, 6) is 0.384. The van der Waals surface area contributed by atoms with Crippen LogP contribution >= 0.6 is 23.2 Å². The molecule has 0 amide bonds. The monoisotopic (exact) mass is 283 g/mol. The third-order valence-corrected chi connectivity index (χ3v) is 3.92. The molecule has 1 aromatic rings. The maximum atomic E-state index is 11.9. The predicted molar refractivity (Wildman–Crippen MR) is 76.2 cm³/mol. The molecule has 0 heterocycles. The lowest BCUT2D eigenvalue weighted by Gasteiger charge is -2.19. The average Bonchev–Trinajstić information content (AvgIpc) is 2.35. The quantitative estimate of drug-likeness (QED) is 0.799. The summed E-state index contributed by atoms with van der Waals surface area (Å²) in [5, 5.41) is 4.14. The molecule has 96 valence electrons. The number of nitrogens with one attached hydrogen (secondary N) is 1. The minimum absolute atomic E-state index is 0.139. The van der Waals surface area contributed by atoms with Gasteiger partial charge in [0, 0.05) is 23.4 Å². The molecule has 0 aliphatic heterocycles. The van der Waals surface area contributed by atoms with Crippen LogP contribution < -0.4 is 5.32 Å². The number of benzene rings is 1. The molecular weight excluding hydrogens is 269 g/mol. The van der Waals surface area contributed by atoms with Crippen LogP contribution in [0.3, 0.4) is 0 Å². The van der Waals surface area contributed by atoms with Gasteiger partial charge in [-0.05, 0) is 37.5 Å². The normalized spacial score (nSPS) is 22.3. The van der Waals surface area contributed by atoms with Gasteiger partial charge in [-0.25, -0.2) is 0 Å². The van der Waals surface area contributed by atoms with Crippen LogP contribution in [0.4, 0.5) is 5.69 Å². The SMILES string of the molecule is C[C@@H]1CCC/C(=C/Nc2ccc(Cl)c(Cl)c2)C1=O. The topological polar surface area (TPSA) is 29.1 Å². The summed E-state index contributed by atoms with van der Waals surface area (Å²) in [7, 11) is 0. The van der Waals surface area contributed by atoms with Crippen molar-refractivity contribution in [2.45, 2.75) is 26.2 Å². The molecule has 1 aliphatic rings. The van der Waals surface area contributed by atoms with Crippen molar-refractivity contribution in [3.05, 3.63) is 40.0 Å². The lowest BCUT2D eigenvalue weighted by Crippen LogP contribution is -2.19. The Bertz CT molecular complexity index is 497. The number of Topliss-reactive ketones (excluding diaryl/α,β-unsaturated/α-hetero) is 1. The van der Waals surface area contributed by atoms with Gasteiger partial charge in [0.1, 0.15) is 0 Å². The standard InChI is InChI=1S/C14H15Cl2NO/c1-9-3-2-4-10(14(9)18)8-17-11-5-6-12(15)13(16)7-11/h5-9,17H,2-4H2,1H3/b10-8-/t9-/m1/s1. The fourth-order valence-corrected chi connectivity index (χ4v) is 2.37. The van der Waals surface area contributed by atoms with Crippen molar-refractivity contribution < 1.29 is 4.79 Å². The molecule has 0 spiro atoms. The van der Waals surface area contributed by atoms with E-state index in [1.54, 1.807) is 18.3 Å². The molecule has 0 unspecified atom stereocenters. The van der Waals surface area contributed by atoms with Crippen LogP contribution in [0.2, 0.25) is 10.0 Å². The molecule has 18 heavy (non-hydrogen) atoms. The summed E-state index contributed by atoms with van der Waals surface area (Å²) in [6.45, 7) is 1.98. The zero-order chi connectivity index (χ0) is 13.1. The van der Waals surface area contributed by atoms with E-state index in [1.165, 1.54) is 0 Å². The van der Waals surface area contributed by atoms with Gasteiger partial charge in [-0.15, -0.1) is 0 Å². The minimum atomic E-state index is 0.139. The molecule has 2 nitrogen and oxygen atoms in total. The van der Waals surface area contributed by atoms with Gasteiger partial charge in [-0.2, -0.15) is 0 Å². The summed E-state index contributed by atoms with van der Waals surface area (Å²) in [6, 6.07) is 5.32. The first-order valence-electron chi connectivity index (χ1n) is 6.03. The van der Waals surface area contributed by atoms with E-state index in [2.05, 4.69) is 5.32 Å². The highest BCUT2D eigenvalue weighted by molar-refractivity contribution is 6.42. The molecule has 2 rings (SSSR count). The molecule has 0 saturated heterocycles. The highest BCUT2D eigenvalue weighted by atomic mass is 35.5. The Labute approximate surface area is 117 Å². The second-order valence-corrected chi connectivity index (χ2v) is 5.41. The Morgan fingerprint density at radius 1 is 1.33 bits per heavy atom. The van der Waals surface area contributed by atoms with Crippen LogP contribution in [0.15, 0.2) is 30.0 Å². The summed E-state index contributed by atoms with van der Waals surface area (Å²) >= 11 is 11.8. The number of anilines is 1. The lowest BCUT2D eigenvalue weighted by molar-refractivity contribution is -0.119. The average molecular weight is 284 g/mol. The molecule has 0 radical (unpaired) electrons. The summed E-state index contributed by atoms with van der Waals surface area (Å²) < 4.78 is 0. The molecule has 1 fully saturated rings. The highest BCUT2D eigenvalue weighted by Gasteiger charge is 2.22. The van der Waals surface area contributed by atoms with Crippen LogP contribution in [0.25, 0.3) is 0 Å². The van der Waals surface area contributed by atoms with Crippen molar-refractivity contribution in [1.29, 1.82) is 0 Å². The minimum Gasteiger partial charge on any atom is -0.361 e. The number of halogens is 2. The second kappa shape index (κ2) is 5.77. The number of rotatable bonds is 2. The number of carbonyl (C=O) groups excluding carboxylic acids is 1. The van der Waals surface area contributed by atoms with Crippen molar-refractivity contribution in [3.63, 3.8) is 0 Å². The van der Waals surface area contributed by atoms with Crippen molar-refractivity contribution in [2.75, 3.05) is 5.32 Å². The summed E-state index contributed by atoms with van der Waals surface area (Å²) in [6.07, 6.45) is 4.69. The third kappa shape index (κ3) is 3.06. The fraction of sp³-hybridized carbons (Fsp3) is 0.357. The smallest absolute Gasteiger partial charge is 0.163 e. The number of hydrogen-bond acceptors (Lipinski definition) is 2. The largest absolute Gasteiger partial charge is 0.361 e. The Kier molecular flexibility index (Phi) is 4.31. The molecule has 0 aromatic heterocycles. The van der Waals surface area contributed by atoms with Gasteiger partial charge in [0.15, 0.2) is 5.78 Å². The van der Waals surface area contributed by atoms with E-state index in [0.717, 1.165) is 30.5 Å². The van der Waals surface area contributed by atoms with Crippen LogP contribution in [0.1, 0.15) is 26.2 Å². The van der Waals surface area contributed by atoms with Gasteiger partial charge < -0.3 is 5.32 Å². The molecule has 4 heteroatoms. The van der Waals surface area contributed by atoms with E-state index in [4.69, 9.17) is 23.2 Å². The molecular formula is C14H15Cl2NO. The number of carbonyl (C=O) groups is 1. The van der Waals surface area contributed by atoms with Gasteiger partial charge in [0.25, 0.3) is 0 Å². The summed E-state index contributed by atoms with van der Waals surface area (Å²) in [5.41, 5.74) is 1.70. The first kappa shape index (κ1) is 13.4. The lowest BCUT2D eigenvalue weighted by atomic mass is 9.86. The van der Waals surface area contributed by atoms with Crippen molar-refractivity contribution in [2.24, 2.45) is 5.92 Å². The van der Waals surface area contributed by atoms with Crippen molar-refractivity contribution in [3.8, 4) is 0 Å². The first-order chi connectivity index (χ1) is 8.58. The molecule has 1 saturated carbocycles. The third-order valence-electron chi connectivity index (χ3n) is 3.18. The molecule has 1 aliphatic carbocycles. The van der Waals surface area contributed by atoms with Crippen LogP contribution in [-0.4, -0.2) is 5.78 Å². The van der Waals surface area contributed by atoms with Crippen molar-refractivity contribution in [1.82, 2.24) is 0 Å². The molecule has 1 aromatic carbocycles. The maximum Gasteiger partial charge on any atom is 0.163 e. The number of hydrogen-bond donors (Lipinski definition) is 1. The molecule has 1 atom stereocenters. The van der Waals surface area contributed by atoms with Crippen LogP contribution in [0, 0.1) is 5.92 Å². The van der Waals surface area contributed by atoms with E-state index in [0.29, 0.717) is 10.0 Å². The van der Waals surface area contributed by atoms with E-state index in [-0.39, 0.29) is 11.7 Å². The first-order valence-corrected chi connectivity index (χ1v) is 6.78. The Morgan fingerprint density at radius 2 is 2.11 bits per heavy atom. The Hall–Kier alpha value is -0.990. The summed E-state index contributed by atoms with van der Waals surface area (Å²) in [4.78, 5) is 11.9. The highest BCUT2D eigenvalue weighted by Crippen LogP contribution is 2.27. The van der Waals surface area contributed by atoms with E-state index in [9.17, 15) is 4.79 Å². The van der Waals surface area contributed by atoms with Gasteiger partial charge in [-0.3, -0.25) is 4.79 Å². The predicted octanol–water partition coefficient (Wildman–Crippen LogP) is 4.68. The zero-order valence-electron chi connectivity index (χ0n) is 10.2. The maximum absolute atomic E-state index is 11.9. The van der Waals surface area contributed by atoms with E-state index >= 15 is 0 Å². The Balaban J connectivity index is 2.09.